The number of hydrazone groups is 1. The minimum atomic E-state index is -0.494. The molecule has 2 aromatic carbocycles. The first-order valence-corrected chi connectivity index (χ1v) is 9.79. The molecule has 1 aromatic heterocycles. The lowest BCUT2D eigenvalue weighted by Gasteiger charge is -2.13. The molecule has 0 atom stereocenters. The summed E-state index contributed by atoms with van der Waals surface area (Å²) in [5.74, 6) is 0.964. The molecule has 0 radical (unpaired) electrons. The summed E-state index contributed by atoms with van der Waals surface area (Å²) in [6, 6.07) is 18.3. The number of halogens is 3. The van der Waals surface area contributed by atoms with Crippen molar-refractivity contribution in [1.29, 1.82) is 0 Å². The van der Waals surface area contributed by atoms with E-state index in [-0.39, 0.29) is 12.4 Å². The monoisotopic (exact) mass is 463 g/mol. The molecule has 0 aliphatic heterocycles. The summed E-state index contributed by atoms with van der Waals surface area (Å²) >= 11 is 17.9. The Morgan fingerprint density at radius 2 is 1.80 bits per heavy atom. The first-order chi connectivity index (χ1) is 14.5. The zero-order valence-corrected chi connectivity index (χ0v) is 17.7. The maximum Gasteiger partial charge on any atom is 0.324 e. The number of amidine groups is 1. The number of carbonyl (C=O) groups excluding carboxylic acids is 1. The third-order valence-electron chi connectivity index (χ3n) is 3.57. The van der Waals surface area contributed by atoms with E-state index in [1.54, 1.807) is 48.5 Å². The van der Waals surface area contributed by atoms with Crippen LogP contribution in [0, 0.1) is 0 Å². The maximum atomic E-state index is 12.3. The van der Waals surface area contributed by atoms with Gasteiger partial charge in [-0.25, -0.2) is 9.78 Å². The van der Waals surface area contributed by atoms with Gasteiger partial charge in [0.2, 0.25) is 0 Å². The van der Waals surface area contributed by atoms with Crippen LogP contribution in [0.15, 0.2) is 71.8 Å². The van der Waals surface area contributed by atoms with Crippen molar-refractivity contribution in [1.82, 2.24) is 10.3 Å². The standard InChI is InChI=1S/C20H16Cl3N5O2/c21-13-9-10-16(15(22)11-13)30-12-19(28-27-18-8-4-7-17(23)25-18)26-20(29)24-14-5-2-1-3-6-14/h1-11H,12H2,(H,25,27)(H2,24,26,28,29). The fourth-order valence-corrected chi connectivity index (χ4v) is 2.87. The van der Waals surface area contributed by atoms with Crippen molar-refractivity contribution >= 4 is 58.2 Å². The summed E-state index contributed by atoms with van der Waals surface area (Å²) in [5.41, 5.74) is 3.36. The number of urea groups is 1. The topological polar surface area (TPSA) is 87.6 Å². The van der Waals surface area contributed by atoms with Crippen LogP contribution in [0.5, 0.6) is 5.75 Å². The molecule has 0 fully saturated rings. The Morgan fingerprint density at radius 3 is 2.53 bits per heavy atom. The van der Waals surface area contributed by atoms with E-state index >= 15 is 0 Å². The molecule has 154 valence electrons. The molecular weight excluding hydrogens is 449 g/mol. The lowest BCUT2D eigenvalue weighted by Crippen LogP contribution is -2.38. The van der Waals surface area contributed by atoms with Crippen molar-refractivity contribution in [3.63, 3.8) is 0 Å². The number of aromatic nitrogens is 1. The van der Waals surface area contributed by atoms with E-state index in [2.05, 4.69) is 26.1 Å². The number of hydrogen-bond donors (Lipinski definition) is 3. The molecule has 0 saturated carbocycles. The van der Waals surface area contributed by atoms with Gasteiger partial charge in [-0.3, -0.25) is 10.7 Å². The van der Waals surface area contributed by atoms with E-state index in [0.717, 1.165) is 0 Å². The van der Waals surface area contributed by atoms with Crippen molar-refractivity contribution in [2.45, 2.75) is 0 Å². The average Bonchev–Trinajstić information content (AvgIpc) is 2.72. The summed E-state index contributed by atoms with van der Waals surface area (Å²) in [6.45, 7) is -0.0862. The highest BCUT2D eigenvalue weighted by molar-refractivity contribution is 6.35. The molecule has 0 aliphatic carbocycles. The predicted octanol–water partition coefficient (Wildman–Crippen LogP) is 5.67. The van der Waals surface area contributed by atoms with Gasteiger partial charge in [-0.1, -0.05) is 59.1 Å². The number of nitrogens with one attached hydrogen (secondary N) is 3. The normalized spacial score (nSPS) is 11.0. The third kappa shape index (κ3) is 6.81. The molecule has 0 unspecified atom stereocenters. The van der Waals surface area contributed by atoms with Crippen LogP contribution in [0.1, 0.15) is 0 Å². The largest absolute Gasteiger partial charge is 0.484 e. The molecule has 3 rings (SSSR count). The molecule has 7 nitrogen and oxygen atoms in total. The van der Waals surface area contributed by atoms with Crippen LogP contribution < -0.4 is 20.8 Å². The van der Waals surface area contributed by atoms with Gasteiger partial charge in [-0.05, 0) is 42.5 Å². The molecule has 30 heavy (non-hydrogen) atoms. The molecule has 1 heterocycles. The zero-order valence-electron chi connectivity index (χ0n) is 15.4. The van der Waals surface area contributed by atoms with E-state index < -0.39 is 6.03 Å². The second-order valence-electron chi connectivity index (χ2n) is 5.82. The van der Waals surface area contributed by atoms with Gasteiger partial charge in [0.25, 0.3) is 0 Å². The van der Waals surface area contributed by atoms with E-state index in [0.29, 0.717) is 32.5 Å². The number of hydrogen-bond acceptors (Lipinski definition) is 5. The number of benzene rings is 2. The quantitative estimate of drug-likeness (QED) is 0.190. The molecule has 0 aliphatic rings. The Labute approximate surface area is 188 Å². The summed E-state index contributed by atoms with van der Waals surface area (Å²) in [6.07, 6.45) is 0. The van der Waals surface area contributed by atoms with Gasteiger partial charge in [0, 0.05) is 10.7 Å². The minimum Gasteiger partial charge on any atom is -0.484 e. The van der Waals surface area contributed by atoms with Gasteiger partial charge in [0.05, 0.1) is 5.02 Å². The summed E-state index contributed by atoms with van der Waals surface area (Å²) in [5, 5.41) is 10.6. The molecule has 0 spiro atoms. The molecule has 0 bridgehead atoms. The number of para-hydroxylation sites is 1. The number of pyridine rings is 1. The van der Waals surface area contributed by atoms with Crippen LogP contribution in [0.4, 0.5) is 16.3 Å². The molecular formula is C20H16Cl3N5O2. The average molecular weight is 465 g/mol. The van der Waals surface area contributed by atoms with Gasteiger partial charge in [-0.2, -0.15) is 5.10 Å². The van der Waals surface area contributed by atoms with Crippen LogP contribution >= 0.6 is 34.8 Å². The van der Waals surface area contributed by atoms with E-state index in [1.807, 2.05) is 18.2 Å². The number of carbonyl (C=O) groups is 1. The highest BCUT2D eigenvalue weighted by Gasteiger charge is 2.10. The number of ether oxygens (including phenoxy) is 1. The Balaban J connectivity index is 1.71. The lowest BCUT2D eigenvalue weighted by atomic mass is 10.3. The fraction of sp³-hybridized carbons (Fsp3) is 0.0500. The second-order valence-corrected chi connectivity index (χ2v) is 7.06. The van der Waals surface area contributed by atoms with Gasteiger partial charge >= 0.3 is 6.03 Å². The van der Waals surface area contributed by atoms with Gasteiger partial charge in [-0.15, -0.1) is 0 Å². The smallest absolute Gasteiger partial charge is 0.324 e. The molecule has 3 aromatic rings. The van der Waals surface area contributed by atoms with E-state index in [4.69, 9.17) is 39.5 Å². The minimum absolute atomic E-state index is 0.0862. The van der Waals surface area contributed by atoms with Crippen LogP contribution in [0.25, 0.3) is 0 Å². The van der Waals surface area contributed by atoms with Gasteiger partial charge in [0.15, 0.2) is 5.84 Å². The molecule has 0 saturated heterocycles. The van der Waals surface area contributed by atoms with Crippen LogP contribution in [0.2, 0.25) is 15.2 Å². The first kappa shape index (κ1) is 21.7. The number of amides is 2. The number of nitrogens with zero attached hydrogens (tertiary/aromatic N) is 2. The van der Waals surface area contributed by atoms with Crippen molar-refractivity contribution in [2.24, 2.45) is 5.10 Å². The number of anilines is 2. The lowest BCUT2D eigenvalue weighted by molar-refractivity contribution is 0.255. The van der Waals surface area contributed by atoms with Crippen LogP contribution in [-0.4, -0.2) is 23.5 Å². The van der Waals surface area contributed by atoms with E-state index in [9.17, 15) is 4.79 Å². The predicted molar refractivity (Wildman–Crippen MR) is 121 cm³/mol. The first-order valence-electron chi connectivity index (χ1n) is 8.65. The van der Waals surface area contributed by atoms with Gasteiger partial charge in [0.1, 0.15) is 23.3 Å². The summed E-state index contributed by atoms with van der Waals surface area (Å²) < 4.78 is 5.67. The Kier molecular flexibility index (Phi) is 7.73. The highest BCUT2D eigenvalue weighted by Crippen LogP contribution is 2.27. The van der Waals surface area contributed by atoms with Crippen molar-refractivity contribution in [2.75, 3.05) is 17.3 Å². The summed E-state index contributed by atoms with van der Waals surface area (Å²) in [4.78, 5) is 16.4. The number of rotatable bonds is 6. The van der Waals surface area contributed by atoms with Crippen LogP contribution in [-0.2, 0) is 0 Å². The second kappa shape index (κ2) is 10.7. The Morgan fingerprint density at radius 1 is 1.00 bits per heavy atom. The van der Waals surface area contributed by atoms with Crippen molar-refractivity contribution in [3.05, 3.63) is 81.9 Å². The molecule has 10 heteroatoms. The maximum absolute atomic E-state index is 12.3. The van der Waals surface area contributed by atoms with Crippen molar-refractivity contribution in [3.8, 4) is 5.75 Å². The molecule has 2 amide bonds. The summed E-state index contributed by atoms with van der Waals surface area (Å²) in [7, 11) is 0. The molecule has 3 N–H and O–H groups in total. The Hall–Kier alpha value is -3.00. The SMILES string of the molecule is O=C(N/C(COc1ccc(Cl)cc1Cl)=N\Nc1cccc(Cl)n1)Nc1ccccc1. The fourth-order valence-electron chi connectivity index (χ4n) is 2.24. The zero-order chi connectivity index (χ0) is 21.3. The highest BCUT2D eigenvalue weighted by atomic mass is 35.5. The van der Waals surface area contributed by atoms with Crippen LogP contribution in [0.3, 0.4) is 0 Å². The third-order valence-corrected chi connectivity index (χ3v) is 4.31. The van der Waals surface area contributed by atoms with Gasteiger partial charge < -0.3 is 10.1 Å². The van der Waals surface area contributed by atoms with Crippen molar-refractivity contribution < 1.29 is 9.53 Å². The van der Waals surface area contributed by atoms with E-state index in [1.165, 1.54) is 0 Å². The Bertz CT molecular complexity index is 1050.